The summed E-state index contributed by atoms with van der Waals surface area (Å²) in [6.07, 6.45) is 0.191. The highest BCUT2D eigenvalue weighted by Gasteiger charge is 2.25. The van der Waals surface area contributed by atoms with Gasteiger partial charge in [0.25, 0.3) is 11.6 Å². The number of nitrogens with zero attached hydrogens (tertiary/aromatic N) is 3. The minimum atomic E-state index is -0.631. The van der Waals surface area contributed by atoms with E-state index < -0.39 is 10.8 Å². The second-order valence-electron chi connectivity index (χ2n) is 4.40. The van der Waals surface area contributed by atoms with Crippen LogP contribution in [-0.2, 0) is 0 Å². The summed E-state index contributed by atoms with van der Waals surface area (Å²) in [5.41, 5.74) is -0.228. The molecule has 0 aliphatic rings. The lowest BCUT2D eigenvalue weighted by Crippen LogP contribution is -2.37. The Kier molecular flexibility index (Phi) is 5.47. The van der Waals surface area contributed by atoms with Gasteiger partial charge in [-0.25, -0.2) is 0 Å². The van der Waals surface area contributed by atoms with Gasteiger partial charge in [0.15, 0.2) is 0 Å². The Morgan fingerprint density at radius 1 is 1.55 bits per heavy atom. The van der Waals surface area contributed by atoms with E-state index in [-0.39, 0.29) is 35.3 Å². The lowest BCUT2D eigenvalue weighted by Gasteiger charge is -2.26. The van der Waals surface area contributed by atoms with Crippen LogP contribution in [0.3, 0.4) is 0 Å². The molecule has 0 fully saturated rings. The molecule has 1 aromatic carbocycles. The maximum atomic E-state index is 12.4. The van der Waals surface area contributed by atoms with Gasteiger partial charge in [-0.2, -0.15) is 5.26 Å². The number of nitriles is 1. The maximum absolute atomic E-state index is 12.4. The van der Waals surface area contributed by atoms with Crippen molar-refractivity contribution in [1.82, 2.24) is 4.90 Å². The van der Waals surface area contributed by atoms with Crippen LogP contribution in [0.1, 0.15) is 30.6 Å². The zero-order valence-corrected chi connectivity index (χ0v) is 11.9. The zero-order chi connectivity index (χ0) is 15.3. The molecule has 0 aliphatic heterocycles. The van der Waals surface area contributed by atoms with Crippen molar-refractivity contribution in [2.24, 2.45) is 0 Å². The van der Waals surface area contributed by atoms with Crippen LogP contribution in [-0.4, -0.2) is 28.3 Å². The summed E-state index contributed by atoms with van der Waals surface area (Å²) in [6, 6.07) is 5.94. The Morgan fingerprint density at radius 3 is 2.70 bits per heavy atom. The largest absolute Gasteiger partial charge is 0.335 e. The summed E-state index contributed by atoms with van der Waals surface area (Å²) >= 11 is 5.93. The van der Waals surface area contributed by atoms with Crippen molar-refractivity contribution in [2.75, 3.05) is 6.54 Å². The second-order valence-corrected chi connectivity index (χ2v) is 4.77. The predicted octanol–water partition coefficient (Wildman–Crippen LogP) is 3.01. The fraction of sp³-hybridized carbons (Fsp3) is 0.385. The molecule has 0 unspecified atom stereocenters. The Hall–Kier alpha value is -2.13. The van der Waals surface area contributed by atoms with Gasteiger partial charge in [0.2, 0.25) is 0 Å². The standard InChI is InChI=1S/C13H14ClN3O3/c1-9(2)16(8-4-7-15)13(18)10-5-3-6-11(12(10)14)17(19)20/h3,5-6,9H,4,8H2,1-2H3. The smallest absolute Gasteiger partial charge is 0.288 e. The Balaban J connectivity index is 3.16. The Labute approximate surface area is 121 Å². The molecule has 20 heavy (non-hydrogen) atoms. The molecule has 0 N–H and O–H groups in total. The third-order valence-corrected chi connectivity index (χ3v) is 3.15. The van der Waals surface area contributed by atoms with Gasteiger partial charge in [-0.05, 0) is 19.9 Å². The number of amides is 1. The van der Waals surface area contributed by atoms with Crippen LogP contribution in [0.25, 0.3) is 0 Å². The molecule has 0 spiro atoms. The first-order chi connectivity index (χ1) is 9.40. The molecule has 1 amide bonds. The van der Waals surface area contributed by atoms with E-state index in [1.54, 1.807) is 13.8 Å². The molecule has 0 radical (unpaired) electrons. The monoisotopic (exact) mass is 295 g/mol. The third-order valence-electron chi connectivity index (χ3n) is 2.75. The van der Waals surface area contributed by atoms with Crippen molar-refractivity contribution < 1.29 is 9.72 Å². The van der Waals surface area contributed by atoms with Crippen molar-refractivity contribution in [1.29, 1.82) is 5.26 Å². The van der Waals surface area contributed by atoms with E-state index >= 15 is 0 Å². The lowest BCUT2D eigenvalue weighted by molar-refractivity contribution is -0.384. The number of rotatable bonds is 5. The average molecular weight is 296 g/mol. The maximum Gasteiger partial charge on any atom is 0.288 e. The molecular weight excluding hydrogens is 282 g/mol. The molecule has 0 saturated carbocycles. The Bertz CT molecular complexity index is 566. The van der Waals surface area contributed by atoms with Crippen molar-refractivity contribution >= 4 is 23.2 Å². The van der Waals surface area contributed by atoms with E-state index in [1.807, 2.05) is 6.07 Å². The molecule has 6 nitrogen and oxygen atoms in total. The topological polar surface area (TPSA) is 87.2 Å². The molecule has 1 aromatic rings. The van der Waals surface area contributed by atoms with E-state index in [0.29, 0.717) is 0 Å². The third kappa shape index (κ3) is 3.45. The molecule has 0 saturated heterocycles. The Morgan fingerprint density at radius 2 is 2.20 bits per heavy atom. The molecule has 0 heterocycles. The summed E-state index contributed by atoms with van der Waals surface area (Å²) in [7, 11) is 0. The van der Waals surface area contributed by atoms with Gasteiger partial charge in [-0.3, -0.25) is 14.9 Å². The summed E-state index contributed by atoms with van der Waals surface area (Å²) in [4.78, 5) is 24.1. The van der Waals surface area contributed by atoms with Crippen LogP contribution in [0.15, 0.2) is 18.2 Å². The van der Waals surface area contributed by atoms with Crippen LogP contribution in [0.4, 0.5) is 5.69 Å². The van der Waals surface area contributed by atoms with Gasteiger partial charge in [0, 0.05) is 18.7 Å². The number of carbonyl (C=O) groups is 1. The van der Waals surface area contributed by atoms with E-state index in [1.165, 1.54) is 23.1 Å². The van der Waals surface area contributed by atoms with Gasteiger partial charge in [-0.1, -0.05) is 17.7 Å². The van der Waals surface area contributed by atoms with Crippen molar-refractivity contribution in [3.63, 3.8) is 0 Å². The summed E-state index contributed by atoms with van der Waals surface area (Å²) in [5.74, 6) is -0.413. The van der Waals surface area contributed by atoms with Gasteiger partial charge in [0.05, 0.1) is 23.0 Å². The first kappa shape index (κ1) is 15.9. The highest BCUT2D eigenvalue weighted by atomic mass is 35.5. The van der Waals surface area contributed by atoms with Crippen LogP contribution in [0.5, 0.6) is 0 Å². The molecule has 7 heteroatoms. The number of nitro benzene ring substituents is 1. The molecule has 0 bridgehead atoms. The van der Waals surface area contributed by atoms with E-state index in [0.717, 1.165) is 0 Å². The summed E-state index contributed by atoms with van der Waals surface area (Å²) in [6.45, 7) is 3.87. The number of benzene rings is 1. The highest BCUT2D eigenvalue weighted by Crippen LogP contribution is 2.29. The minimum absolute atomic E-state index is 0.0764. The van der Waals surface area contributed by atoms with Gasteiger partial charge >= 0.3 is 0 Å². The van der Waals surface area contributed by atoms with E-state index in [9.17, 15) is 14.9 Å². The van der Waals surface area contributed by atoms with Crippen molar-refractivity contribution in [3.05, 3.63) is 38.9 Å². The number of nitro groups is 1. The first-order valence-electron chi connectivity index (χ1n) is 6.01. The highest BCUT2D eigenvalue weighted by molar-refractivity contribution is 6.35. The number of halogens is 1. The van der Waals surface area contributed by atoms with Gasteiger partial charge < -0.3 is 4.90 Å². The normalized spacial score (nSPS) is 10.2. The van der Waals surface area contributed by atoms with Crippen LogP contribution in [0, 0.1) is 21.4 Å². The predicted molar refractivity (Wildman–Crippen MR) is 74.5 cm³/mol. The minimum Gasteiger partial charge on any atom is -0.335 e. The molecule has 106 valence electrons. The van der Waals surface area contributed by atoms with Crippen molar-refractivity contribution in [2.45, 2.75) is 26.3 Å². The molecular formula is C13H14ClN3O3. The SMILES string of the molecule is CC(C)N(CCC#N)C(=O)c1cccc([N+](=O)[O-])c1Cl. The summed E-state index contributed by atoms with van der Waals surface area (Å²) in [5, 5.41) is 19.3. The first-order valence-corrected chi connectivity index (χ1v) is 6.38. The average Bonchev–Trinajstić information content (AvgIpc) is 2.38. The van der Waals surface area contributed by atoms with E-state index in [4.69, 9.17) is 16.9 Å². The lowest BCUT2D eigenvalue weighted by atomic mass is 10.1. The van der Waals surface area contributed by atoms with Crippen LogP contribution >= 0.6 is 11.6 Å². The number of hydrogen-bond acceptors (Lipinski definition) is 4. The van der Waals surface area contributed by atoms with Crippen LogP contribution in [0.2, 0.25) is 5.02 Å². The number of carbonyl (C=O) groups excluding carboxylic acids is 1. The molecule has 0 aromatic heterocycles. The molecule has 0 atom stereocenters. The van der Waals surface area contributed by atoms with Crippen LogP contribution < -0.4 is 0 Å². The van der Waals surface area contributed by atoms with E-state index in [2.05, 4.69) is 0 Å². The zero-order valence-electron chi connectivity index (χ0n) is 11.2. The fourth-order valence-electron chi connectivity index (χ4n) is 1.75. The van der Waals surface area contributed by atoms with Gasteiger partial charge in [0.1, 0.15) is 5.02 Å². The quantitative estimate of drug-likeness (QED) is 0.617. The number of hydrogen-bond donors (Lipinski definition) is 0. The van der Waals surface area contributed by atoms with Crippen molar-refractivity contribution in [3.8, 4) is 6.07 Å². The summed E-state index contributed by atoms with van der Waals surface area (Å²) < 4.78 is 0. The second kappa shape index (κ2) is 6.87. The molecule has 1 rings (SSSR count). The fourth-order valence-corrected chi connectivity index (χ4v) is 2.02. The van der Waals surface area contributed by atoms with Gasteiger partial charge in [-0.15, -0.1) is 0 Å². The molecule has 0 aliphatic carbocycles.